The Hall–Kier alpha value is -4.76. The smallest absolute Gasteiger partial charge is 0.116 e. The van der Waals surface area contributed by atoms with E-state index in [0.717, 1.165) is 84.6 Å². The second-order valence-corrected chi connectivity index (χ2v) is 17.0. The first-order valence-corrected chi connectivity index (χ1v) is 21.5. The Kier molecular flexibility index (Phi) is 18.2. The van der Waals surface area contributed by atoms with Crippen LogP contribution in [-0.2, 0) is 4.74 Å². The topological polar surface area (TPSA) is 61.3 Å². The van der Waals surface area contributed by atoms with Gasteiger partial charge >= 0.3 is 0 Å². The molecule has 0 amide bonds. The van der Waals surface area contributed by atoms with Gasteiger partial charge in [0, 0.05) is 27.7 Å². The predicted molar refractivity (Wildman–Crippen MR) is 258 cm³/mol. The fourth-order valence-corrected chi connectivity index (χ4v) is 5.98. The molecule has 3 nitrogen and oxygen atoms in total. The monoisotopic (exact) mass is 767 g/mol. The van der Waals surface area contributed by atoms with E-state index in [-0.39, 0.29) is 5.92 Å². The number of benzene rings is 6. The number of hydrogen-bond donors (Lipinski definition) is 2. The van der Waals surface area contributed by atoms with E-state index in [2.05, 4.69) is 175 Å². The van der Waals surface area contributed by atoms with Crippen molar-refractivity contribution < 1.29 is 4.74 Å². The van der Waals surface area contributed by atoms with Gasteiger partial charge in [-0.2, -0.15) is 0 Å². The first-order valence-electron chi connectivity index (χ1n) is 21.5. The van der Waals surface area contributed by atoms with Gasteiger partial charge in [-0.1, -0.05) is 176 Å². The van der Waals surface area contributed by atoms with Gasteiger partial charge in [0.1, 0.15) is 5.76 Å². The summed E-state index contributed by atoms with van der Waals surface area (Å²) in [6.45, 7) is 31.1. The normalized spacial score (nSPS) is 13.5. The summed E-state index contributed by atoms with van der Waals surface area (Å²) in [7, 11) is 1.75. The number of methoxy groups -OCH3 is 1. The highest BCUT2D eigenvalue weighted by Crippen LogP contribution is 2.54. The minimum Gasteiger partial charge on any atom is -0.499 e. The summed E-state index contributed by atoms with van der Waals surface area (Å²) in [5, 5.41) is 9.05. The number of ether oxygens (including phenoxy) is 1. The Morgan fingerprint density at radius 2 is 0.842 bits per heavy atom. The van der Waals surface area contributed by atoms with Crippen LogP contribution in [-0.4, -0.2) is 7.11 Å². The maximum absolute atomic E-state index is 6.44. The lowest BCUT2D eigenvalue weighted by atomic mass is 9.70. The molecule has 0 saturated heterocycles. The van der Waals surface area contributed by atoms with Crippen molar-refractivity contribution in [2.45, 2.75) is 115 Å². The van der Waals surface area contributed by atoms with Crippen LogP contribution in [0.4, 0.5) is 11.4 Å². The fourth-order valence-electron chi connectivity index (χ4n) is 5.98. The zero-order valence-corrected chi connectivity index (χ0v) is 37.7. The van der Waals surface area contributed by atoms with Crippen LogP contribution in [0.25, 0.3) is 48.7 Å². The van der Waals surface area contributed by atoms with Crippen LogP contribution < -0.4 is 11.5 Å². The van der Waals surface area contributed by atoms with E-state index < -0.39 is 0 Å². The summed E-state index contributed by atoms with van der Waals surface area (Å²) in [4.78, 5) is 0. The maximum atomic E-state index is 6.44. The third kappa shape index (κ3) is 12.1. The number of anilines is 2. The van der Waals surface area contributed by atoms with Crippen molar-refractivity contribution in [3.8, 4) is 0 Å². The lowest BCUT2D eigenvalue weighted by Gasteiger charge is -2.36. The molecule has 0 saturated carbocycles. The molecule has 0 heterocycles. The first kappa shape index (κ1) is 46.6. The summed E-state index contributed by atoms with van der Waals surface area (Å²) in [5.41, 5.74) is 18.8. The number of hydrogen-bond acceptors (Lipinski definition) is 3. The zero-order chi connectivity index (χ0) is 42.4. The molecule has 0 bridgehead atoms. The molecule has 1 atom stereocenters. The standard InChI is InChI=1S/C34H26N2O.4C5H12/c1-19-32(24-11-13-30(35)28-17-22-9-5-3-7-20(22)15-26(24)28)34(37-2)33(19)25-12-14-31(36)29-18-23-10-6-4-8-21(23)16-27(25)29;4*1-4-5(2)3/h3-18,32H,1,35-36H2,2H3;4*5H,4H2,1-3H3. The van der Waals surface area contributed by atoms with Crippen molar-refractivity contribution in [3.63, 3.8) is 0 Å². The van der Waals surface area contributed by atoms with Gasteiger partial charge in [0.2, 0.25) is 0 Å². The van der Waals surface area contributed by atoms with Crippen molar-refractivity contribution in [2.24, 2.45) is 23.7 Å². The molecular formula is C54H74N2O. The van der Waals surface area contributed by atoms with E-state index in [1.807, 2.05) is 12.1 Å². The number of allylic oxidation sites excluding steroid dienone is 2. The van der Waals surface area contributed by atoms with E-state index in [4.69, 9.17) is 16.2 Å². The molecule has 3 heteroatoms. The molecule has 6 aromatic carbocycles. The molecule has 1 aliphatic rings. The minimum absolute atomic E-state index is 0.0441. The number of fused-ring (bicyclic) bond motifs is 4. The number of nitrogen functional groups attached to an aromatic ring is 2. The average Bonchev–Trinajstić information content (AvgIpc) is 3.21. The van der Waals surface area contributed by atoms with E-state index in [0.29, 0.717) is 0 Å². The van der Waals surface area contributed by atoms with Gasteiger partial charge in [-0.25, -0.2) is 0 Å². The summed E-state index contributed by atoms with van der Waals surface area (Å²) < 4.78 is 6.08. The van der Waals surface area contributed by atoms with Crippen LogP contribution in [0.1, 0.15) is 126 Å². The van der Waals surface area contributed by atoms with E-state index >= 15 is 0 Å². The van der Waals surface area contributed by atoms with Gasteiger partial charge in [-0.05, 0) is 109 Å². The molecule has 7 rings (SSSR count). The average molecular weight is 767 g/mol. The highest BCUT2D eigenvalue weighted by molar-refractivity contribution is 6.12. The largest absolute Gasteiger partial charge is 0.499 e. The van der Waals surface area contributed by atoms with E-state index in [1.165, 1.54) is 47.2 Å². The van der Waals surface area contributed by atoms with Crippen LogP contribution in [0, 0.1) is 23.7 Å². The van der Waals surface area contributed by atoms with E-state index in [9.17, 15) is 0 Å². The summed E-state index contributed by atoms with van der Waals surface area (Å²) >= 11 is 0. The summed E-state index contributed by atoms with van der Waals surface area (Å²) in [6, 6.07) is 33.8. The van der Waals surface area contributed by atoms with Gasteiger partial charge in [0.05, 0.1) is 13.0 Å². The van der Waals surface area contributed by atoms with Gasteiger partial charge in [-0.3, -0.25) is 0 Å². The molecule has 306 valence electrons. The quantitative estimate of drug-likeness (QED) is 0.126. The number of rotatable bonds is 7. The minimum atomic E-state index is -0.0441. The highest BCUT2D eigenvalue weighted by Gasteiger charge is 2.38. The lowest BCUT2D eigenvalue weighted by molar-refractivity contribution is 0.265. The second-order valence-electron chi connectivity index (χ2n) is 17.0. The van der Waals surface area contributed by atoms with Gasteiger partial charge in [-0.15, -0.1) is 0 Å². The fraction of sp³-hybridized carbons (Fsp3) is 0.407. The van der Waals surface area contributed by atoms with Crippen LogP contribution in [0.2, 0.25) is 0 Å². The van der Waals surface area contributed by atoms with Crippen molar-refractivity contribution >= 4 is 60.0 Å². The second kappa shape index (κ2) is 22.3. The Labute approximate surface area is 346 Å². The third-order valence-corrected chi connectivity index (χ3v) is 11.1. The Bertz CT molecular complexity index is 2200. The van der Waals surface area contributed by atoms with Gasteiger partial charge in [0.25, 0.3) is 0 Å². The molecule has 6 aromatic rings. The van der Waals surface area contributed by atoms with Crippen LogP contribution in [0.3, 0.4) is 0 Å². The summed E-state index contributed by atoms with van der Waals surface area (Å²) in [6.07, 6.45) is 5.22. The first-order chi connectivity index (χ1) is 27.1. The SMILES string of the molecule is C=C1C(c2ccc(N)c3cc4ccccc4cc23)=C(OC)C1c1ccc(N)c2cc3ccccc3cc12.CCC(C)C.CCC(C)C.CCC(C)C.CCC(C)C. The molecule has 1 unspecified atom stereocenters. The predicted octanol–water partition coefficient (Wildman–Crippen LogP) is 16.4. The highest BCUT2D eigenvalue weighted by atomic mass is 16.5. The van der Waals surface area contributed by atoms with Crippen molar-refractivity contribution in [3.05, 3.63) is 126 Å². The van der Waals surface area contributed by atoms with Gasteiger partial charge < -0.3 is 16.2 Å². The Balaban J connectivity index is 0.000000363. The Morgan fingerprint density at radius 1 is 0.509 bits per heavy atom. The van der Waals surface area contributed by atoms with Crippen LogP contribution in [0.15, 0.2) is 115 Å². The van der Waals surface area contributed by atoms with Crippen LogP contribution in [0.5, 0.6) is 0 Å². The van der Waals surface area contributed by atoms with Crippen LogP contribution >= 0.6 is 0 Å². The van der Waals surface area contributed by atoms with Crippen molar-refractivity contribution in [2.75, 3.05) is 18.6 Å². The van der Waals surface area contributed by atoms with Gasteiger partial charge in [0.15, 0.2) is 0 Å². The van der Waals surface area contributed by atoms with E-state index in [1.54, 1.807) is 7.11 Å². The molecule has 0 spiro atoms. The summed E-state index contributed by atoms with van der Waals surface area (Å²) in [5.74, 6) is 4.41. The maximum Gasteiger partial charge on any atom is 0.116 e. The lowest BCUT2D eigenvalue weighted by Crippen LogP contribution is -2.21. The Morgan fingerprint density at radius 3 is 1.21 bits per heavy atom. The zero-order valence-electron chi connectivity index (χ0n) is 37.7. The molecular weight excluding hydrogens is 693 g/mol. The molecule has 4 N–H and O–H groups in total. The molecule has 0 aromatic heterocycles. The molecule has 57 heavy (non-hydrogen) atoms. The third-order valence-electron chi connectivity index (χ3n) is 11.1. The molecule has 0 radical (unpaired) electrons. The molecule has 0 aliphatic heterocycles. The molecule has 1 aliphatic carbocycles. The van der Waals surface area contributed by atoms with Crippen molar-refractivity contribution in [1.29, 1.82) is 0 Å². The molecule has 0 fully saturated rings. The van der Waals surface area contributed by atoms with Crippen molar-refractivity contribution in [1.82, 2.24) is 0 Å². The number of nitrogens with two attached hydrogens (primary N) is 2.